The Kier molecular flexibility index (Phi) is 0.866. The van der Waals surface area contributed by atoms with Crippen LogP contribution in [-0.4, -0.2) is 24.4 Å². The van der Waals surface area contributed by atoms with E-state index in [1.807, 2.05) is 0 Å². The Labute approximate surface area is 48.5 Å². The van der Waals surface area contributed by atoms with Crippen LogP contribution in [0, 0.1) is 11.8 Å². The summed E-state index contributed by atoms with van der Waals surface area (Å²) in [6.45, 7) is 1.25. The van der Waals surface area contributed by atoms with E-state index < -0.39 is 0 Å². The van der Waals surface area contributed by atoms with Crippen molar-refractivity contribution in [1.29, 1.82) is 0 Å². The Hall–Kier alpha value is -0.0800. The molecule has 46 valence electrons. The van der Waals surface area contributed by atoms with Gasteiger partial charge in [0.05, 0.1) is 6.10 Å². The van der Waals surface area contributed by atoms with Crippen LogP contribution in [0.5, 0.6) is 0 Å². The van der Waals surface area contributed by atoms with Gasteiger partial charge in [-0.15, -0.1) is 0 Å². The third kappa shape index (κ3) is 0.446. The van der Waals surface area contributed by atoms with E-state index in [0.29, 0.717) is 18.6 Å². The first-order valence-corrected chi connectivity index (χ1v) is 3.16. The van der Waals surface area contributed by atoms with E-state index in [4.69, 9.17) is 9.84 Å². The Morgan fingerprint density at radius 1 is 1.62 bits per heavy atom. The van der Waals surface area contributed by atoms with Crippen LogP contribution in [0.15, 0.2) is 0 Å². The van der Waals surface area contributed by atoms with Crippen molar-refractivity contribution in [3.8, 4) is 0 Å². The molecule has 0 aromatic heterocycles. The fraction of sp³-hybridized carbons (Fsp3) is 1.00. The van der Waals surface area contributed by atoms with Crippen molar-refractivity contribution in [3.63, 3.8) is 0 Å². The predicted octanol–water partition coefficient (Wildman–Crippen LogP) is 0.0136. The topological polar surface area (TPSA) is 29.5 Å². The molecule has 1 aliphatic carbocycles. The summed E-state index contributed by atoms with van der Waals surface area (Å²) in [6, 6.07) is 0. The van der Waals surface area contributed by atoms with E-state index in [9.17, 15) is 0 Å². The minimum atomic E-state index is 0.329. The van der Waals surface area contributed by atoms with Gasteiger partial charge in [-0.3, -0.25) is 0 Å². The van der Waals surface area contributed by atoms with Gasteiger partial charge >= 0.3 is 0 Å². The number of hydrogen-bond acceptors (Lipinski definition) is 2. The summed E-state index contributed by atoms with van der Waals surface area (Å²) in [5.41, 5.74) is 0. The average molecular weight is 114 g/mol. The smallest absolute Gasteiger partial charge is 0.0662 e. The van der Waals surface area contributed by atoms with Gasteiger partial charge in [-0.05, 0) is 12.3 Å². The molecule has 2 rings (SSSR count). The molecule has 0 aromatic carbocycles. The number of aliphatic hydroxyl groups excluding tert-OH is 1. The van der Waals surface area contributed by atoms with E-state index in [1.165, 1.54) is 6.42 Å². The zero-order valence-corrected chi connectivity index (χ0v) is 4.71. The van der Waals surface area contributed by atoms with Gasteiger partial charge in [-0.25, -0.2) is 0 Å². The van der Waals surface area contributed by atoms with Gasteiger partial charge in [0.25, 0.3) is 0 Å². The molecule has 3 atom stereocenters. The first-order valence-electron chi connectivity index (χ1n) is 3.16. The summed E-state index contributed by atoms with van der Waals surface area (Å²) in [5.74, 6) is 1.23. The standard InChI is InChI=1S/C6H10O2/c7-3-5-4-1-2-8-6(4)5/h4-7H,1-3H2/t4-,5+,6-/m0/s1. The van der Waals surface area contributed by atoms with Crippen LogP contribution in [0.2, 0.25) is 0 Å². The van der Waals surface area contributed by atoms with E-state index in [2.05, 4.69) is 0 Å². The second kappa shape index (κ2) is 1.45. The van der Waals surface area contributed by atoms with Gasteiger partial charge < -0.3 is 9.84 Å². The highest BCUT2D eigenvalue weighted by atomic mass is 16.5. The van der Waals surface area contributed by atoms with Crippen LogP contribution in [-0.2, 0) is 4.74 Å². The molecule has 1 saturated carbocycles. The number of hydrogen-bond donors (Lipinski definition) is 1. The third-order valence-electron chi connectivity index (χ3n) is 2.23. The molecule has 0 aromatic rings. The van der Waals surface area contributed by atoms with Gasteiger partial charge in [-0.1, -0.05) is 0 Å². The Bertz CT molecular complexity index is 85.9. The first kappa shape index (κ1) is 4.77. The van der Waals surface area contributed by atoms with Crippen molar-refractivity contribution in [2.75, 3.05) is 13.2 Å². The van der Waals surface area contributed by atoms with Crippen molar-refractivity contribution in [2.45, 2.75) is 12.5 Å². The highest BCUT2D eigenvalue weighted by Gasteiger charge is 2.53. The summed E-state index contributed by atoms with van der Waals surface area (Å²) in [4.78, 5) is 0. The van der Waals surface area contributed by atoms with Crippen LogP contribution < -0.4 is 0 Å². The van der Waals surface area contributed by atoms with E-state index in [1.54, 1.807) is 0 Å². The lowest BCUT2D eigenvalue weighted by molar-refractivity contribution is 0.119. The van der Waals surface area contributed by atoms with Gasteiger partial charge in [-0.2, -0.15) is 0 Å². The van der Waals surface area contributed by atoms with Crippen LogP contribution in [0.25, 0.3) is 0 Å². The fourth-order valence-corrected chi connectivity index (χ4v) is 1.61. The molecule has 1 saturated heterocycles. The van der Waals surface area contributed by atoms with Crippen LogP contribution in [0.1, 0.15) is 6.42 Å². The molecule has 1 aliphatic heterocycles. The quantitative estimate of drug-likeness (QED) is 0.520. The van der Waals surface area contributed by atoms with Crippen LogP contribution >= 0.6 is 0 Å². The second-order valence-electron chi connectivity index (χ2n) is 2.63. The first-order chi connectivity index (χ1) is 3.93. The summed E-state index contributed by atoms with van der Waals surface area (Å²) in [6.07, 6.45) is 1.62. The number of aliphatic hydroxyl groups is 1. The minimum Gasteiger partial charge on any atom is -0.396 e. The van der Waals surface area contributed by atoms with Gasteiger partial charge in [0.15, 0.2) is 0 Å². The molecule has 0 bridgehead atoms. The zero-order chi connectivity index (χ0) is 5.56. The molecular formula is C6H10O2. The van der Waals surface area contributed by atoms with Gasteiger partial charge in [0.1, 0.15) is 0 Å². The molecular weight excluding hydrogens is 104 g/mol. The summed E-state index contributed by atoms with van der Waals surface area (Å²) in [5, 5.41) is 8.63. The van der Waals surface area contributed by atoms with E-state index in [-0.39, 0.29) is 0 Å². The Morgan fingerprint density at radius 2 is 2.50 bits per heavy atom. The zero-order valence-electron chi connectivity index (χ0n) is 4.71. The Morgan fingerprint density at radius 3 is 2.88 bits per heavy atom. The summed E-state index contributed by atoms with van der Waals surface area (Å²) >= 11 is 0. The normalized spacial score (nSPS) is 51.4. The van der Waals surface area contributed by atoms with Crippen LogP contribution in [0.4, 0.5) is 0 Å². The maximum absolute atomic E-state index is 8.63. The Balaban J connectivity index is 1.94. The maximum atomic E-state index is 8.63. The van der Waals surface area contributed by atoms with Gasteiger partial charge in [0, 0.05) is 19.1 Å². The van der Waals surface area contributed by atoms with E-state index >= 15 is 0 Å². The maximum Gasteiger partial charge on any atom is 0.0662 e. The number of fused-ring (bicyclic) bond motifs is 1. The molecule has 0 unspecified atom stereocenters. The molecule has 2 heteroatoms. The van der Waals surface area contributed by atoms with Crippen molar-refractivity contribution in [1.82, 2.24) is 0 Å². The average Bonchev–Trinajstić information content (AvgIpc) is 2.22. The largest absolute Gasteiger partial charge is 0.396 e. The van der Waals surface area contributed by atoms with Crippen LogP contribution in [0.3, 0.4) is 0 Å². The molecule has 1 N–H and O–H groups in total. The van der Waals surface area contributed by atoms with E-state index in [0.717, 1.165) is 12.5 Å². The molecule has 0 spiro atoms. The molecule has 0 radical (unpaired) electrons. The monoisotopic (exact) mass is 114 g/mol. The molecule has 1 heterocycles. The number of rotatable bonds is 1. The summed E-state index contributed by atoms with van der Waals surface area (Å²) < 4.78 is 5.27. The van der Waals surface area contributed by atoms with Crippen molar-refractivity contribution < 1.29 is 9.84 Å². The lowest BCUT2D eigenvalue weighted by Crippen LogP contribution is -1.99. The lowest BCUT2D eigenvalue weighted by Gasteiger charge is -1.96. The second-order valence-corrected chi connectivity index (χ2v) is 2.63. The molecule has 2 nitrogen and oxygen atoms in total. The van der Waals surface area contributed by atoms with Crippen molar-refractivity contribution in [3.05, 3.63) is 0 Å². The molecule has 0 amide bonds. The predicted molar refractivity (Wildman–Crippen MR) is 28.4 cm³/mol. The molecule has 8 heavy (non-hydrogen) atoms. The highest BCUT2D eigenvalue weighted by Crippen LogP contribution is 2.48. The van der Waals surface area contributed by atoms with Gasteiger partial charge in [0.2, 0.25) is 0 Å². The minimum absolute atomic E-state index is 0.329. The number of ether oxygens (including phenoxy) is 1. The lowest BCUT2D eigenvalue weighted by atomic mass is 10.2. The third-order valence-corrected chi connectivity index (χ3v) is 2.23. The molecule has 2 fully saturated rings. The SMILES string of the molecule is OC[C@@H]1[C@@H]2CCO[C@H]12. The van der Waals surface area contributed by atoms with Crippen molar-refractivity contribution in [2.24, 2.45) is 11.8 Å². The highest BCUT2D eigenvalue weighted by molar-refractivity contribution is 5.01. The fourth-order valence-electron chi connectivity index (χ4n) is 1.61. The summed E-state index contributed by atoms with van der Waals surface area (Å²) in [7, 11) is 0. The molecule has 2 aliphatic rings. The van der Waals surface area contributed by atoms with Crippen molar-refractivity contribution >= 4 is 0 Å².